The molecule has 0 saturated heterocycles. The van der Waals surface area contributed by atoms with Gasteiger partial charge in [-0.05, 0) is 50.1 Å². The summed E-state index contributed by atoms with van der Waals surface area (Å²) >= 11 is 6.81. The van der Waals surface area contributed by atoms with Crippen molar-refractivity contribution in [2.24, 2.45) is 5.92 Å². The predicted molar refractivity (Wildman–Crippen MR) is 100 cm³/mol. The Morgan fingerprint density at radius 1 is 1.05 bits per heavy atom. The fraction of sp³-hybridized carbons (Fsp3) is 0.944. The van der Waals surface area contributed by atoms with E-state index in [2.05, 4.69) is 6.92 Å². The molecule has 3 heteroatoms. The molecule has 0 aromatic carbocycles. The van der Waals surface area contributed by atoms with Crippen LogP contribution in [-0.2, 0) is 4.74 Å². The second-order valence-electron chi connectivity index (χ2n) is 6.42. The molecule has 1 aliphatic carbocycles. The second-order valence-corrected chi connectivity index (χ2v) is 7.83. The van der Waals surface area contributed by atoms with E-state index in [4.69, 9.17) is 17.0 Å². The monoisotopic (exact) mass is 330 g/mol. The predicted octanol–water partition coefficient (Wildman–Crippen LogP) is 6.74. The van der Waals surface area contributed by atoms with Gasteiger partial charge < -0.3 is 4.74 Å². The molecular formula is C18H34OS2. The largest absolute Gasteiger partial charge is 0.475 e. The summed E-state index contributed by atoms with van der Waals surface area (Å²) < 4.78 is 6.71. The van der Waals surface area contributed by atoms with Gasteiger partial charge in [-0.15, -0.1) is 0 Å². The minimum absolute atomic E-state index is 0.406. The molecule has 0 amide bonds. The number of thiocarbonyl (C=S) groups is 1. The smallest absolute Gasteiger partial charge is 0.219 e. The molecule has 1 nitrogen and oxygen atoms in total. The molecule has 0 heterocycles. The number of rotatable bonds is 12. The maximum atomic E-state index is 5.97. The van der Waals surface area contributed by atoms with Gasteiger partial charge in [0.25, 0.3) is 0 Å². The third-order valence-corrected chi connectivity index (χ3v) is 5.71. The lowest BCUT2D eigenvalue weighted by Gasteiger charge is -2.33. The minimum Gasteiger partial charge on any atom is -0.475 e. The van der Waals surface area contributed by atoms with E-state index in [1.165, 1.54) is 83.5 Å². The van der Waals surface area contributed by atoms with Crippen molar-refractivity contribution in [3.8, 4) is 0 Å². The molecule has 21 heavy (non-hydrogen) atoms. The van der Waals surface area contributed by atoms with Crippen molar-refractivity contribution in [3.05, 3.63) is 0 Å². The highest BCUT2D eigenvalue weighted by Gasteiger charge is 2.28. The van der Waals surface area contributed by atoms with Gasteiger partial charge in [0.2, 0.25) is 4.38 Å². The first-order chi connectivity index (χ1) is 10.3. The maximum absolute atomic E-state index is 5.97. The first-order valence-electron chi connectivity index (χ1n) is 9.02. The van der Waals surface area contributed by atoms with Crippen LogP contribution < -0.4 is 0 Å². The summed E-state index contributed by atoms with van der Waals surface area (Å²) in [6, 6.07) is 0. The van der Waals surface area contributed by atoms with Gasteiger partial charge in [-0.3, -0.25) is 0 Å². The topological polar surface area (TPSA) is 9.23 Å². The molecule has 0 aromatic heterocycles. The molecule has 1 unspecified atom stereocenters. The van der Waals surface area contributed by atoms with Crippen molar-refractivity contribution in [1.82, 2.24) is 0 Å². The molecule has 0 spiro atoms. The van der Waals surface area contributed by atoms with Gasteiger partial charge in [-0.1, -0.05) is 76.5 Å². The van der Waals surface area contributed by atoms with E-state index < -0.39 is 0 Å². The number of ether oxygens (including phenoxy) is 1. The molecule has 1 atom stereocenters. The van der Waals surface area contributed by atoms with Crippen LogP contribution in [0, 0.1) is 5.92 Å². The molecule has 124 valence electrons. The van der Waals surface area contributed by atoms with Crippen LogP contribution in [0.3, 0.4) is 0 Å². The standard InChI is InChI=1S/C18H34OS2/c1-3-4-5-6-7-8-9-10-11-15-17(16-13-12-14-16)19-18(20)21-2/h16-17H,3-15H2,1-2H3. The summed E-state index contributed by atoms with van der Waals surface area (Å²) in [6.07, 6.45) is 20.3. The summed E-state index contributed by atoms with van der Waals surface area (Å²) in [5.74, 6) is 0.782. The van der Waals surface area contributed by atoms with Crippen molar-refractivity contribution in [3.63, 3.8) is 0 Å². The van der Waals surface area contributed by atoms with Crippen molar-refractivity contribution in [2.75, 3.05) is 6.26 Å². The summed E-state index contributed by atoms with van der Waals surface area (Å²) in [5.41, 5.74) is 0. The van der Waals surface area contributed by atoms with Crippen LogP contribution >= 0.6 is 24.0 Å². The molecule has 0 N–H and O–H groups in total. The van der Waals surface area contributed by atoms with Gasteiger partial charge in [0.15, 0.2) is 0 Å². The Hall–Kier alpha value is 0.240. The average molecular weight is 331 g/mol. The molecule has 1 rings (SSSR count). The van der Waals surface area contributed by atoms with Crippen LogP contribution in [0.4, 0.5) is 0 Å². The zero-order valence-corrected chi connectivity index (χ0v) is 15.7. The summed E-state index contributed by atoms with van der Waals surface area (Å²) in [7, 11) is 0. The summed E-state index contributed by atoms with van der Waals surface area (Å²) in [5, 5.41) is 0. The number of hydrogen-bond acceptors (Lipinski definition) is 3. The lowest BCUT2D eigenvalue weighted by molar-refractivity contribution is 0.0714. The van der Waals surface area contributed by atoms with Crippen molar-refractivity contribution in [2.45, 2.75) is 96.5 Å². The highest BCUT2D eigenvalue weighted by Crippen LogP contribution is 2.34. The SMILES string of the molecule is CCCCCCCCCCCC(OC(=S)SC)C1CCC1. The van der Waals surface area contributed by atoms with Crippen molar-refractivity contribution >= 4 is 28.4 Å². The number of hydrogen-bond donors (Lipinski definition) is 0. The quantitative estimate of drug-likeness (QED) is 0.289. The summed E-state index contributed by atoms with van der Waals surface area (Å²) in [6.45, 7) is 2.28. The zero-order valence-electron chi connectivity index (χ0n) is 14.1. The normalized spacial score (nSPS) is 16.5. The molecular weight excluding hydrogens is 296 g/mol. The molecule has 1 aliphatic rings. The summed E-state index contributed by atoms with van der Waals surface area (Å²) in [4.78, 5) is 0. The van der Waals surface area contributed by atoms with E-state index in [0.717, 1.165) is 10.3 Å². The Morgan fingerprint density at radius 2 is 1.62 bits per heavy atom. The Kier molecular flexibility index (Phi) is 11.7. The lowest BCUT2D eigenvalue weighted by Crippen LogP contribution is -2.30. The van der Waals surface area contributed by atoms with Gasteiger partial charge in [0.1, 0.15) is 6.10 Å². The van der Waals surface area contributed by atoms with Gasteiger partial charge in [0, 0.05) is 0 Å². The molecule has 1 fully saturated rings. The van der Waals surface area contributed by atoms with Crippen molar-refractivity contribution < 1.29 is 4.74 Å². The van der Waals surface area contributed by atoms with Gasteiger partial charge >= 0.3 is 0 Å². The second kappa shape index (κ2) is 12.8. The maximum Gasteiger partial charge on any atom is 0.219 e. The molecule has 0 bridgehead atoms. The van der Waals surface area contributed by atoms with E-state index in [1.54, 1.807) is 11.8 Å². The highest BCUT2D eigenvalue weighted by atomic mass is 32.2. The number of thioether (sulfide) groups is 1. The van der Waals surface area contributed by atoms with Crippen LogP contribution in [-0.4, -0.2) is 16.7 Å². The van der Waals surface area contributed by atoms with Crippen LogP contribution in [0.2, 0.25) is 0 Å². The van der Waals surface area contributed by atoms with Crippen LogP contribution in [0.5, 0.6) is 0 Å². The first kappa shape index (κ1) is 19.3. The highest BCUT2D eigenvalue weighted by molar-refractivity contribution is 8.22. The first-order valence-corrected chi connectivity index (χ1v) is 10.7. The Labute approximate surface area is 142 Å². The van der Waals surface area contributed by atoms with Crippen LogP contribution in [0.25, 0.3) is 0 Å². The Balaban J connectivity index is 2.01. The third kappa shape index (κ3) is 9.07. The Morgan fingerprint density at radius 3 is 2.10 bits per heavy atom. The van der Waals surface area contributed by atoms with Crippen LogP contribution in [0.15, 0.2) is 0 Å². The number of unbranched alkanes of at least 4 members (excludes halogenated alkanes) is 8. The van der Waals surface area contributed by atoms with E-state index in [9.17, 15) is 0 Å². The fourth-order valence-corrected chi connectivity index (χ4v) is 3.37. The molecule has 0 aromatic rings. The van der Waals surface area contributed by atoms with Gasteiger partial charge in [-0.25, -0.2) is 0 Å². The fourth-order valence-electron chi connectivity index (χ4n) is 3.03. The van der Waals surface area contributed by atoms with Crippen LogP contribution in [0.1, 0.15) is 90.4 Å². The zero-order chi connectivity index (χ0) is 15.3. The molecule has 0 radical (unpaired) electrons. The Bertz CT molecular complexity index is 264. The third-order valence-electron chi connectivity index (χ3n) is 4.68. The van der Waals surface area contributed by atoms with E-state index >= 15 is 0 Å². The lowest BCUT2D eigenvalue weighted by atomic mass is 9.79. The van der Waals surface area contributed by atoms with Crippen molar-refractivity contribution in [1.29, 1.82) is 0 Å². The molecule has 0 aliphatic heterocycles. The average Bonchev–Trinajstić information content (AvgIpc) is 2.43. The van der Waals surface area contributed by atoms with Gasteiger partial charge in [-0.2, -0.15) is 0 Å². The van der Waals surface area contributed by atoms with E-state index in [1.807, 2.05) is 6.26 Å². The minimum atomic E-state index is 0.406. The van der Waals surface area contributed by atoms with E-state index in [0.29, 0.717) is 6.10 Å². The van der Waals surface area contributed by atoms with Gasteiger partial charge in [0.05, 0.1) is 0 Å². The van der Waals surface area contributed by atoms with E-state index in [-0.39, 0.29) is 0 Å². The molecule has 1 saturated carbocycles.